The maximum absolute atomic E-state index is 5.64. The molecule has 0 spiro atoms. The number of aromatic nitrogens is 1. The van der Waals surface area contributed by atoms with Crippen molar-refractivity contribution < 1.29 is 0 Å². The van der Waals surface area contributed by atoms with Crippen LogP contribution in [0.25, 0.3) is 0 Å². The van der Waals surface area contributed by atoms with Gasteiger partial charge in [0.15, 0.2) is 0 Å². The Morgan fingerprint density at radius 2 is 2.42 bits per heavy atom. The normalized spacial score (nSPS) is 22.8. The molecule has 1 aromatic heterocycles. The molecule has 2 rings (SSSR count). The molecule has 1 aliphatic rings. The van der Waals surface area contributed by atoms with E-state index in [1.165, 1.54) is 12.0 Å². The molecule has 0 aromatic carbocycles. The van der Waals surface area contributed by atoms with Gasteiger partial charge in [-0.2, -0.15) is 0 Å². The Morgan fingerprint density at radius 3 is 3.08 bits per heavy atom. The Balaban J connectivity index is 2.21. The lowest BCUT2D eigenvalue weighted by Gasteiger charge is -2.07. The number of rotatable bonds is 1. The summed E-state index contributed by atoms with van der Waals surface area (Å²) < 4.78 is 0. The van der Waals surface area contributed by atoms with Crippen molar-refractivity contribution in [3.8, 4) is 0 Å². The zero-order valence-corrected chi connectivity index (χ0v) is 6.96. The van der Waals surface area contributed by atoms with Crippen LogP contribution in [0, 0.1) is 0 Å². The van der Waals surface area contributed by atoms with Crippen LogP contribution in [-0.4, -0.2) is 18.1 Å². The number of pyridine rings is 1. The van der Waals surface area contributed by atoms with Crippen molar-refractivity contribution in [3.63, 3.8) is 0 Å². The van der Waals surface area contributed by atoms with Gasteiger partial charge >= 0.3 is 0 Å². The quantitative estimate of drug-likeness (QED) is 0.642. The third kappa shape index (κ3) is 1.41. The van der Waals surface area contributed by atoms with Gasteiger partial charge in [-0.15, -0.1) is 0 Å². The van der Waals surface area contributed by atoms with Gasteiger partial charge in [0, 0.05) is 18.9 Å². The Labute approximate surface area is 72.0 Å². The molecule has 3 N–H and O–H groups in total. The Morgan fingerprint density at radius 1 is 1.50 bits per heavy atom. The van der Waals surface area contributed by atoms with E-state index in [1.54, 1.807) is 6.20 Å². The average Bonchev–Trinajstić information content (AvgIpc) is 2.56. The number of nitrogens with two attached hydrogens (primary N) is 1. The topological polar surface area (TPSA) is 50.9 Å². The molecule has 1 fully saturated rings. The molecule has 1 saturated heterocycles. The molecule has 0 amide bonds. The van der Waals surface area contributed by atoms with E-state index in [-0.39, 0.29) is 0 Å². The largest absolute Gasteiger partial charge is 0.397 e. The van der Waals surface area contributed by atoms with E-state index in [4.69, 9.17) is 5.73 Å². The molecule has 1 atom stereocenters. The fraction of sp³-hybridized carbons (Fsp3) is 0.444. The van der Waals surface area contributed by atoms with Crippen molar-refractivity contribution in [2.45, 2.75) is 12.3 Å². The first-order valence-electron chi connectivity index (χ1n) is 4.27. The van der Waals surface area contributed by atoms with Crippen LogP contribution >= 0.6 is 0 Å². The fourth-order valence-corrected chi connectivity index (χ4v) is 1.64. The van der Waals surface area contributed by atoms with E-state index in [1.807, 2.05) is 12.3 Å². The zero-order chi connectivity index (χ0) is 8.39. The second-order valence-electron chi connectivity index (χ2n) is 3.24. The van der Waals surface area contributed by atoms with E-state index < -0.39 is 0 Å². The highest BCUT2D eigenvalue weighted by Gasteiger charge is 2.16. The highest BCUT2D eigenvalue weighted by molar-refractivity contribution is 5.38. The maximum atomic E-state index is 5.64. The minimum atomic E-state index is 0.612. The molecule has 1 aliphatic heterocycles. The number of nitrogens with zero attached hydrogens (tertiary/aromatic N) is 1. The van der Waals surface area contributed by atoms with Gasteiger partial charge in [-0.05, 0) is 30.5 Å². The van der Waals surface area contributed by atoms with Crippen LogP contribution in [0.4, 0.5) is 5.69 Å². The first-order valence-corrected chi connectivity index (χ1v) is 4.27. The lowest BCUT2D eigenvalue weighted by atomic mass is 10.0. The molecule has 1 aromatic rings. The molecule has 64 valence electrons. The first-order chi connectivity index (χ1) is 5.86. The fourth-order valence-electron chi connectivity index (χ4n) is 1.64. The second-order valence-corrected chi connectivity index (χ2v) is 3.24. The summed E-state index contributed by atoms with van der Waals surface area (Å²) in [5.41, 5.74) is 7.67. The Bertz CT molecular complexity index is 266. The molecule has 1 unspecified atom stereocenters. The van der Waals surface area contributed by atoms with E-state index in [0.29, 0.717) is 5.92 Å². The molecule has 2 heterocycles. The average molecular weight is 163 g/mol. The van der Waals surface area contributed by atoms with E-state index in [2.05, 4.69) is 10.3 Å². The van der Waals surface area contributed by atoms with Crippen LogP contribution in [0.3, 0.4) is 0 Å². The third-order valence-electron chi connectivity index (χ3n) is 2.31. The number of hydrogen-bond donors (Lipinski definition) is 2. The molecular weight excluding hydrogens is 150 g/mol. The van der Waals surface area contributed by atoms with Gasteiger partial charge < -0.3 is 11.1 Å². The zero-order valence-electron chi connectivity index (χ0n) is 6.96. The predicted molar refractivity (Wildman–Crippen MR) is 48.9 cm³/mol. The van der Waals surface area contributed by atoms with Crippen molar-refractivity contribution in [3.05, 3.63) is 24.0 Å². The number of hydrogen-bond acceptors (Lipinski definition) is 3. The van der Waals surface area contributed by atoms with Crippen LogP contribution < -0.4 is 11.1 Å². The van der Waals surface area contributed by atoms with Crippen molar-refractivity contribution in [1.29, 1.82) is 0 Å². The Hall–Kier alpha value is -1.09. The maximum Gasteiger partial charge on any atom is 0.0503 e. The van der Waals surface area contributed by atoms with Crippen LogP contribution in [0.5, 0.6) is 0 Å². The SMILES string of the molecule is Nc1cncc(C2CCNC2)c1. The van der Waals surface area contributed by atoms with Crippen LogP contribution in [0.2, 0.25) is 0 Å². The number of anilines is 1. The lowest BCUT2D eigenvalue weighted by molar-refractivity contribution is 0.759. The molecule has 0 saturated carbocycles. The molecular formula is C9H13N3. The third-order valence-corrected chi connectivity index (χ3v) is 2.31. The lowest BCUT2D eigenvalue weighted by Crippen LogP contribution is -2.08. The Kier molecular flexibility index (Phi) is 1.96. The second kappa shape index (κ2) is 3.11. The van der Waals surface area contributed by atoms with Crippen LogP contribution in [0.1, 0.15) is 17.9 Å². The summed E-state index contributed by atoms with van der Waals surface area (Å²) in [6.45, 7) is 2.17. The molecule has 3 heteroatoms. The molecule has 12 heavy (non-hydrogen) atoms. The van der Waals surface area contributed by atoms with Crippen molar-refractivity contribution in [2.24, 2.45) is 0 Å². The van der Waals surface area contributed by atoms with Crippen molar-refractivity contribution in [2.75, 3.05) is 18.8 Å². The minimum absolute atomic E-state index is 0.612. The minimum Gasteiger partial charge on any atom is -0.397 e. The molecule has 0 radical (unpaired) electrons. The van der Waals surface area contributed by atoms with E-state index in [9.17, 15) is 0 Å². The molecule has 3 nitrogen and oxygen atoms in total. The summed E-state index contributed by atoms with van der Waals surface area (Å²) in [4.78, 5) is 4.08. The summed E-state index contributed by atoms with van der Waals surface area (Å²) in [5.74, 6) is 0.612. The highest BCUT2D eigenvalue weighted by Crippen LogP contribution is 2.22. The van der Waals surface area contributed by atoms with Crippen LogP contribution in [0.15, 0.2) is 18.5 Å². The molecule has 0 bridgehead atoms. The van der Waals surface area contributed by atoms with Gasteiger partial charge in [0.25, 0.3) is 0 Å². The van der Waals surface area contributed by atoms with Crippen molar-refractivity contribution >= 4 is 5.69 Å². The number of nitrogens with one attached hydrogen (secondary N) is 1. The predicted octanol–water partition coefficient (Wildman–Crippen LogP) is 0.741. The van der Waals surface area contributed by atoms with Gasteiger partial charge in [-0.3, -0.25) is 4.98 Å². The van der Waals surface area contributed by atoms with Gasteiger partial charge in [0.1, 0.15) is 0 Å². The van der Waals surface area contributed by atoms with E-state index >= 15 is 0 Å². The standard InChI is InChI=1S/C9H13N3/c10-9-3-8(5-12-6-9)7-1-2-11-4-7/h3,5-7,11H,1-2,4,10H2. The summed E-state index contributed by atoms with van der Waals surface area (Å²) >= 11 is 0. The van der Waals surface area contributed by atoms with Gasteiger partial charge in [-0.25, -0.2) is 0 Å². The van der Waals surface area contributed by atoms with Crippen molar-refractivity contribution in [1.82, 2.24) is 10.3 Å². The summed E-state index contributed by atoms with van der Waals surface area (Å²) in [5, 5.41) is 3.32. The summed E-state index contributed by atoms with van der Waals surface area (Å²) in [6.07, 6.45) is 4.80. The van der Waals surface area contributed by atoms with Gasteiger partial charge in [0.2, 0.25) is 0 Å². The molecule has 0 aliphatic carbocycles. The first kappa shape index (κ1) is 7.55. The summed E-state index contributed by atoms with van der Waals surface area (Å²) in [6, 6.07) is 2.02. The number of nitrogen functional groups attached to an aromatic ring is 1. The van der Waals surface area contributed by atoms with E-state index in [0.717, 1.165) is 18.8 Å². The van der Waals surface area contributed by atoms with Gasteiger partial charge in [0.05, 0.1) is 5.69 Å². The van der Waals surface area contributed by atoms with Crippen LogP contribution in [-0.2, 0) is 0 Å². The van der Waals surface area contributed by atoms with Gasteiger partial charge in [-0.1, -0.05) is 0 Å². The summed E-state index contributed by atoms with van der Waals surface area (Å²) in [7, 11) is 0. The highest BCUT2D eigenvalue weighted by atomic mass is 14.9. The smallest absolute Gasteiger partial charge is 0.0503 e. The monoisotopic (exact) mass is 163 g/mol.